The second-order valence-corrected chi connectivity index (χ2v) is 7.72. The van der Waals surface area contributed by atoms with Crippen LogP contribution in [-0.2, 0) is 14.3 Å². The van der Waals surface area contributed by atoms with E-state index in [-0.39, 0.29) is 23.8 Å². The van der Waals surface area contributed by atoms with Gasteiger partial charge in [0.25, 0.3) is 0 Å². The van der Waals surface area contributed by atoms with Gasteiger partial charge >= 0.3 is 0 Å². The highest BCUT2D eigenvalue weighted by atomic mass is 16.5. The first kappa shape index (κ1) is 20.8. The lowest BCUT2D eigenvalue weighted by molar-refractivity contribution is -0.143. The average Bonchev–Trinajstić information content (AvgIpc) is 2.72. The predicted octanol–water partition coefficient (Wildman–Crippen LogP) is 2.13. The lowest BCUT2D eigenvalue weighted by atomic mass is 9.82. The summed E-state index contributed by atoms with van der Waals surface area (Å²) in [5.41, 5.74) is 2.22. The smallest absolute Gasteiger partial charge is 0.225 e. The standard InChI is InChI=1S/C22H33N3O3/c1-3-25-20(26)10-9-19(21(25)18-8-5-4-7-17(18)2)22(27)23-11-6-12-24-13-15-28-16-14-24/h4-5,7-8,19,21H,3,6,9-16H2,1-2H3,(H,23,27)/t19-,21+/m1/s1. The fourth-order valence-corrected chi connectivity index (χ4v) is 4.37. The van der Waals surface area contributed by atoms with Crippen LogP contribution in [0.5, 0.6) is 0 Å². The first-order valence-electron chi connectivity index (χ1n) is 10.5. The van der Waals surface area contributed by atoms with Gasteiger partial charge in [-0.3, -0.25) is 14.5 Å². The largest absolute Gasteiger partial charge is 0.379 e. The Kier molecular flexibility index (Phi) is 7.45. The summed E-state index contributed by atoms with van der Waals surface area (Å²) in [5.74, 6) is 0.0236. The van der Waals surface area contributed by atoms with E-state index in [1.165, 1.54) is 0 Å². The normalized spacial score (nSPS) is 23.6. The van der Waals surface area contributed by atoms with Gasteiger partial charge in [0.15, 0.2) is 0 Å². The lowest BCUT2D eigenvalue weighted by Gasteiger charge is -2.41. The lowest BCUT2D eigenvalue weighted by Crippen LogP contribution is -2.48. The van der Waals surface area contributed by atoms with Crippen LogP contribution in [-0.4, -0.2) is 67.6 Å². The number of carbonyl (C=O) groups excluding carboxylic acids is 2. The summed E-state index contributed by atoms with van der Waals surface area (Å²) in [5, 5.41) is 3.14. The van der Waals surface area contributed by atoms with E-state index in [2.05, 4.69) is 29.3 Å². The monoisotopic (exact) mass is 387 g/mol. The zero-order valence-corrected chi connectivity index (χ0v) is 17.2. The van der Waals surface area contributed by atoms with Crippen LogP contribution in [0.2, 0.25) is 0 Å². The van der Waals surface area contributed by atoms with Crippen molar-refractivity contribution in [1.82, 2.24) is 15.1 Å². The van der Waals surface area contributed by atoms with Crippen molar-refractivity contribution in [3.05, 3.63) is 35.4 Å². The fourth-order valence-electron chi connectivity index (χ4n) is 4.37. The molecule has 0 radical (unpaired) electrons. The van der Waals surface area contributed by atoms with Crippen molar-refractivity contribution in [2.24, 2.45) is 5.92 Å². The van der Waals surface area contributed by atoms with Gasteiger partial charge in [-0.15, -0.1) is 0 Å². The Morgan fingerprint density at radius 1 is 1.25 bits per heavy atom. The van der Waals surface area contributed by atoms with Crippen LogP contribution in [0.25, 0.3) is 0 Å². The Morgan fingerprint density at radius 2 is 2.00 bits per heavy atom. The minimum atomic E-state index is -0.192. The maximum atomic E-state index is 13.0. The van der Waals surface area contributed by atoms with Gasteiger partial charge in [0.05, 0.1) is 25.2 Å². The van der Waals surface area contributed by atoms with Crippen LogP contribution in [0, 0.1) is 12.8 Å². The molecule has 28 heavy (non-hydrogen) atoms. The van der Waals surface area contributed by atoms with Gasteiger partial charge in [-0.2, -0.15) is 0 Å². The highest BCUT2D eigenvalue weighted by Gasteiger charge is 2.40. The molecule has 2 atom stereocenters. The number of carbonyl (C=O) groups is 2. The van der Waals surface area contributed by atoms with Crippen LogP contribution >= 0.6 is 0 Å². The number of hydrogen-bond donors (Lipinski definition) is 1. The molecule has 2 heterocycles. The number of piperidine rings is 1. The average molecular weight is 388 g/mol. The maximum absolute atomic E-state index is 13.0. The molecule has 2 aliphatic rings. The van der Waals surface area contributed by atoms with E-state index >= 15 is 0 Å². The molecule has 2 fully saturated rings. The van der Waals surface area contributed by atoms with E-state index in [0.717, 1.165) is 50.4 Å². The van der Waals surface area contributed by atoms with Gasteiger partial charge in [0.1, 0.15) is 0 Å². The number of aryl methyl sites for hydroxylation is 1. The van der Waals surface area contributed by atoms with Crippen LogP contribution in [0.3, 0.4) is 0 Å². The summed E-state index contributed by atoms with van der Waals surface area (Å²) in [4.78, 5) is 29.8. The molecule has 0 unspecified atom stereocenters. The molecule has 2 saturated heterocycles. The molecule has 1 aromatic rings. The van der Waals surface area contributed by atoms with Gasteiger partial charge in [-0.05, 0) is 44.4 Å². The number of morpholine rings is 1. The Morgan fingerprint density at radius 3 is 2.71 bits per heavy atom. The van der Waals surface area contributed by atoms with Gasteiger partial charge < -0.3 is 15.0 Å². The molecule has 1 N–H and O–H groups in total. The van der Waals surface area contributed by atoms with Crippen molar-refractivity contribution in [3.8, 4) is 0 Å². The molecular formula is C22H33N3O3. The number of nitrogens with zero attached hydrogens (tertiary/aromatic N) is 2. The minimum Gasteiger partial charge on any atom is -0.379 e. The number of ether oxygens (including phenoxy) is 1. The molecular weight excluding hydrogens is 354 g/mol. The molecule has 3 rings (SSSR count). The first-order chi connectivity index (χ1) is 13.6. The van der Waals surface area contributed by atoms with Gasteiger partial charge in [-0.1, -0.05) is 24.3 Å². The summed E-state index contributed by atoms with van der Waals surface area (Å²) in [6.45, 7) is 9.87. The second-order valence-electron chi connectivity index (χ2n) is 7.72. The first-order valence-corrected chi connectivity index (χ1v) is 10.5. The molecule has 0 aromatic heterocycles. The minimum absolute atomic E-state index is 0.0705. The van der Waals surface area contributed by atoms with E-state index < -0.39 is 0 Å². The fraction of sp³-hybridized carbons (Fsp3) is 0.636. The quantitative estimate of drug-likeness (QED) is 0.728. The van der Waals surface area contributed by atoms with Crippen molar-refractivity contribution in [2.45, 2.75) is 39.2 Å². The van der Waals surface area contributed by atoms with Crippen molar-refractivity contribution in [2.75, 3.05) is 45.9 Å². The molecule has 6 nitrogen and oxygen atoms in total. The second kappa shape index (κ2) is 10.0. The number of nitrogens with one attached hydrogen (secondary N) is 1. The molecule has 0 aliphatic carbocycles. The Bertz CT molecular complexity index is 673. The zero-order valence-electron chi connectivity index (χ0n) is 17.2. The van der Waals surface area contributed by atoms with Crippen LogP contribution in [0.4, 0.5) is 0 Å². The highest BCUT2D eigenvalue weighted by Crippen LogP contribution is 2.38. The van der Waals surface area contributed by atoms with Gasteiger partial charge in [-0.25, -0.2) is 0 Å². The number of benzene rings is 1. The number of rotatable bonds is 7. The summed E-state index contributed by atoms with van der Waals surface area (Å²) >= 11 is 0. The van der Waals surface area contributed by atoms with Crippen molar-refractivity contribution < 1.29 is 14.3 Å². The summed E-state index contributed by atoms with van der Waals surface area (Å²) < 4.78 is 5.37. The van der Waals surface area contributed by atoms with Gasteiger partial charge in [0, 0.05) is 32.6 Å². The van der Waals surface area contributed by atoms with E-state index in [1.807, 2.05) is 24.0 Å². The predicted molar refractivity (Wildman–Crippen MR) is 109 cm³/mol. The Labute approximate surface area is 168 Å². The Balaban J connectivity index is 1.63. The van der Waals surface area contributed by atoms with Crippen molar-refractivity contribution in [1.29, 1.82) is 0 Å². The number of hydrogen-bond acceptors (Lipinski definition) is 4. The topological polar surface area (TPSA) is 61.9 Å². The highest BCUT2D eigenvalue weighted by molar-refractivity contribution is 5.85. The van der Waals surface area contributed by atoms with Crippen LogP contribution in [0.1, 0.15) is 43.4 Å². The van der Waals surface area contributed by atoms with E-state index in [1.54, 1.807) is 0 Å². The van der Waals surface area contributed by atoms with Crippen LogP contribution < -0.4 is 5.32 Å². The third-order valence-electron chi connectivity index (χ3n) is 5.95. The Hall–Kier alpha value is -1.92. The third-order valence-corrected chi connectivity index (χ3v) is 5.95. The summed E-state index contributed by atoms with van der Waals surface area (Å²) in [6, 6.07) is 7.93. The zero-order chi connectivity index (χ0) is 19.9. The summed E-state index contributed by atoms with van der Waals surface area (Å²) in [6.07, 6.45) is 2.00. The van der Waals surface area contributed by atoms with E-state index in [4.69, 9.17) is 4.74 Å². The molecule has 0 bridgehead atoms. The van der Waals surface area contributed by atoms with Crippen LogP contribution in [0.15, 0.2) is 24.3 Å². The molecule has 2 aliphatic heterocycles. The van der Waals surface area contributed by atoms with Gasteiger partial charge in [0.2, 0.25) is 11.8 Å². The molecule has 2 amide bonds. The third kappa shape index (κ3) is 4.92. The summed E-state index contributed by atoms with van der Waals surface area (Å²) in [7, 11) is 0. The molecule has 0 saturated carbocycles. The molecule has 154 valence electrons. The molecule has 0 spiro atoms. The molecule has 1 aromatic carbocycles. The van der Waals surface area contributed by atoms with Crippen molar-refractivity contribution in [3.63, 3.8) is 0 Å². The number of amides is 2. The maximum Gasteiger partial charge on any atom is 0.225 e. The SMILES string of the molecule is CCN1C(=O)CC[C@@H](C(=O)NCCCN2CCOCC2)[C@@H]1c1ccccc1C. The number of likely N-dealkylation sites (tertiary alicyclic amines) is 1. The van der Waals surface area contributed by atoms with Crippen molar-refractivity contribution >= 4 is 11.8 Å². The molecule has 6 heteroatoms. The van der Waals surface area contributed by atoms with E-state index in [9.17, 15) is 9.59 Å². The van der Waals surface area contributed by atoms with E-state index in [0.29, 0.717) is 25.9 Å².